The van der Waals surface area contributed by atoms with Crippen molar-refractivity contribution < 1.29 is 34.0 Å². The average Bonchev–Trinajstić information content (AvgIpc) is 3.39. The van der Waals surface area contributed by atoms with E-state index in [1.165, 1.54) is 12.1 Å². The molecule has 0 aliphatic carbocycles. The van der Waals surface area contributed by atoms with E-state index in [-0.39, 0.29) is 68.6 Å². The van der Waals surface area contributed by atoms with Crippen LogP contribution in [0, 0.1) is 39.7 Å². The third-order valence-corrected chi connectivity index (χ3v) is 10.8. The Balaban J connectivity index is 2.03. The minimum atomic E-state index is -0.989. The molecule has 1 heterocycles. The number of anilines is 1. The van der Waals surface area contributed by atoms with Gasteiger partial charge in [0.2, 0.25) is 11.4 Å². The molecule has 0 fully saturated rings. The maximum atomic E-state index is 11.8. The van der Waals surface area contributed by atoms with Gasteiger partial charge in [-0.25, -0.2) is 0 Å². The summed E-state index contributed by atoms with van der Waals surface area (Å²) in [5.41, 5.74) is 4.16. The summed E-state index contributed by atoms with van der Waals surface area (Å²) in [5, 5.41) is 53.1. The fourth-order valence-electron chi connectivity index (χ4n) is 7.77. The molecule has 0 aromatic heterocycles. The summed E-state index contributed by atoms with van der Waals surface area (Å²) in [6, 6.07) is 22.6. The van der Waals surface area contributed by atoms with E-state index in [0.717, 1.165) is 34.5 Å². The molecule has 12 nitrogen and oxygen atoms in total. The Morgan fingerprint density at radius 1 is 1.07 bits per heavy atom. The highest BCUT2D eigenvalue weighted by Gasteiger charge is 2.51. The number of hydrogen-bond donors (Lipinski definition) is 2. The van der Waals surface area contributed by atoms with Gasteiger partial charge in [0, 0.05) is 48.8 Å². The number of rotatable bonds is 20. The quantitative estimate of drug-likeness (QED) is 0.0374. The highest BCUT2D eigenvalue weighted by Crippen LogP contribution is 2.46. The van der Waals surface area contributed by atoms with Gasteiger partial charge in [-0.2, -0.15) is 15.1 Å². The first-order chi connectivity index (χ1) is 26.7. The monoisotopic (exact) mass is 760 g/mol. The Labute approximate surface area is 328 Å². The Bertz CT molecular complexity index is 2160. The number of hydrogen-bond acceptors (Lipinski definition) is 8. The van der Waals surface area contributed by atoms with E-state index in [2.05, 4.69) is 32.6 Å². The van der Waals surface area contributed by atoms with Gasteiger partial charge in [-0.05, 0) is 80.3 Å². The number of aryl methyl sites for hydroxylation is 1. The molecular formula is C44H50N5O7+. The molecule has 0 amide bonds. The maximum absolute atomic E-state index is 11.8. The molecule has 0 radical (unpaired) electrons. The standard InChI is InChI=1S/C44H49N5O7/c1-7-20-43(4,8-2)36-25-34(56-6)17-19-38(36)47(21-10-14-40(50)51)29-32(27-45)35(28-46)42-44(5,26-31-12-9-13-33(24-31)49(54)55)37-23-30(3)16-18-39(37)48(42)22-11-15-41(52)53/h7,9,12-13,16-19,23-25H,1,8,10-11,14-15,20-22,26,29H2,2-6H3,(H-,50,51,52,53)/p+1/b35-32+/t43-,44?/m0/s1. The Hall–Kier alpha value is -6.27. The van der Waals surface area contributed by atoms with Crippen LogP contribution in [0.2, 0.25) is 0 Å². The third-order valence-electron chi connectivity index (χ3n) is 10.8. The average molecular weight is 761 g/mol. The first kappa shape index (κ1) is 42.5. The third kappa shape index (κ3) is 9.32. The number of nitro benzene ring substituents is 1. The molecule has 0 spiro atoms. The molecule has 12 heteroatoms. The lowest BCUT2D eigenvalue weighted by Crippen LogP contribution is -2.38. The van der Waals surface area contributed by atoms with Crippen molar-refractivity contribution in [2.24, 2.45) is 0 Å². The van der Waals surface area contributed by atoms with Gasteiger partial charge in [-0.1, -0.05) is 43.7 Å². The molecule has 1 unspecified atom stereocenters. The van der Waals surface area contributed by atoms with Gasteiger partial charge in [0.15, 0.2) is 0 Å². The zero-order valence-electron chi connectivity index (χ0n) is 32.8. The van der Waals surface area contributed by atoms with Gasteiger partial charge < -0.3 is 19.8 Å². The molecule has 4 rings (SSSR count). The number of nitrogens with zero attached hydrogens (tertiary/aromatic N) is 5. The van der Waals surface area contributed by atoms with Crippen molar-refractivity contribution in [3.05, 3.63) is 117 Å². The maximum Gasteiger partial charge on any atom is 0.303 e. The van der Waals surface area contributed by atoms with Gasteiger partial charge in [-0.3, -0.25) is 19.7 Å². The highest BCUT2D eigenvalue weighted by molar-refractivity contribution is 6.11. The predicted octanol–water partition coefficient (Wildman–Crippen LogP) is 8.33. The molecule has 3 aromatic carbocycles. The first-order valence-corrected chi connectivity index (χ1v) is 18.7. The van der Waals surface area contributed by atoms with Crippen molar-refractivity contribution in [1.29, 1.82) is 10.5 Å². The normalized spacial score (nSPS) is 16.1. The van der Waals surface area contributed by atoms with Crippen molar-refractivity contribution >= 4 is 34.7 Å². The molecule has 2 N–H and O–H groups in total. The molecule has 2 atom stereocenters. The van der Waals surface area contributed by atoms with Crippen LogP contribution in [0.3, 0.4) is 0 Å². The summed E-state index contributed by atoms with van der Waals surface area (Å²) < 4.78 is 7.55. The number of methoxy groups -OCH3 is 1. The number of carbonyl (C=O) groups is 2. The second kappa shape index (κ2) is 18.4. The lowest BCUT2D eigenvalue weighted by atomic mass is 9.71. The van der Waals surface area contributed by atoms with Crippen molar-refractivity contribution in [3.8, 4) is 17.9 Å². The number of allylic oxidation sites excluding steroid dienone is 2. The molecule has 0 saturated heterocycles. The smallest absolute Gasteiger partial charge is 0.303 e. The van der Waals surface area contributed by atoms with Gasteiger partial charge in [0.1, 0.15) is 23.9 Å². The zero-order valence-corrected chi connectivity index (χ0v) is 32.8. The number of carboxylic acids is 2. The van der Waals surface area contributed by atoms with Gasteiger partial charge in [-0.15, -0.1) is 6.58 Å². The Morgan fingerprint density at radius 2 is 1.79 bits per heavy atom. The summed E-state index contributed by atoms with van der Waals surface area (Å²) in [7, 11) is 1.58. The van der Waals surface area contributed by atoms with Crippen molar-refractivity contribution in [1.82, 2.24) is 0 Å². The summed E-state index contributed by atoms with van der Waals surface area (Å²) in [4.78, 5) is 36.7. The number of nitro groups is 1. The number of carboxylic acid groups (broad SMARTS) is 2. The fourth-order valence-corrected chi connectivity index (χ4v) is 7.77. The summed E-state index contributed by atoms with van der Waals surface area (Å²) in [5.74, 6) is -1.29. The Kier molecular flexibility index (Phi) is 13.9. The number of aliphatic carboxylic acids is 2. The van der Waals surface area contributed by atoms with Crippen LogP contribution < -0.4 is 9.64 Å². The van der Waals surface area contributed by atoms with Crippen LogP contribution in [0.4, 0.5) is 17.1 Å². The minimum absolute atomic E-state index is 0.0407. The number of benzene rings is 3. The van der Waals surface area contributed by atoms with E-state index >= 15 is 0 Å². The number of ether oxygens (including phenoxy) is 1. The molecule has 0 saturated carbocycles. The Morgan fingerprint density at radius 3 is 2.39 bits per heavy atom. The lowest BCUT2D eigenvalue weighted by molar-refractivity contribution is -0.438. The molecule has 1 aliphatic rings. The van der Waals surface area contributed by atoms with E-state index in [9.17, 15) is 40.4 Å². The van der Waals surface area contributed by atoms with Crippen LogP contribution >= 0.6 is 0 Å². The van der Waals surface area contributed by atoms with Crippen LogP contribution in [-0.2, 0) is 26.8 Å². The lowest BCUT2D eigenvalue weighted by Gasteiger charge is -2.35. The minimum Gasteiger partial charge on any atom is -0.497 e. The molecular weight excluding hydrogens is 711 g/mol. The predicted molar refractivity (Wildman–Crippen MR) is 215 cm³/mol. The molecule has 56 heavy (non-hydrogen) atoms. The topological polar surface area (TPSA) is 181 Å². The van der Waals surface area contributed by atoms with Crippen molar-refractivity contribution in [2.45, 2.75) is 83.5 Å². The second-order valence-corrected chi connectivity index (χ2v) is 14.7. The van der Waals surface area contributed by atoms with Crippen LogP contribution in [0.25, 0.3) is 0 Å². The molecule has 1 aliphatic heterocycles. The largest absolute Gasteiger partial charge is 0.497 e. The molecule has 3 aromatic rings. The number of non-ortho nitro benzene ring substituents is 1. The molecule has 0 bridgehead atoms. The number of nitriles is 2. The summed E-state index contributed by atoms with van der Waals surface area (Å²) in [6.45, 7) is 12.5. The van der Waals surface area contributed by atoms with E-state index < -0.39 is 27.7 Å². The van der Waals surface area contributed by atoms with Crippen LogP contribution in [0.5, 0.6) is 5.75 Å². The van der Waals surface area contributed by atoms with Gasteiger partial charge >= 0.3 is 11.9 Å². The summed E-state index contributed by atoms with van der Waals surface area (Å²) >= 11 is 0. The van der Waals surface area contributed by atoms with E-state index in [1.807, 2.05) is 65.8 Å². The SMILES string of the molecule is C=CC[C@](C)(CC)c1cc(OC)ccc1N(CCCC(=O)O)C/C(C#N)=C(\C#N)C1=[N+](CCCC(=O)O)c2ccc(C)cc2C1(C)Cc1cccc([N+](=O)[O-])c1. The van der Waals surface area contributed by atoms with Gasteiger partial charge in [0.25, 0.3) is 5.69 Å². The highest BCUT2D eigenvalue weighted by atomic mass is 16.6. The van der Waals surface area contributed by atoms with E-state index in [0.29, 0.717) is 23.4 Å². The van der Waals surface area contributed by atoms with Crippen molar-refractivity contribution in [3.63, 3.8) is 0 Å². The van der Waals surface area contributed by atoms with Crippen LogP contribution in [0.15, 0.2) is 84.5 Å². The van der Waals surface area contributed by atoms with Crippen LogP contribution in [-0.4, -0.2) is 64.1 Å². The van der Waals surface area contributed by atoms with E-state index in [4.69, 9.17) is 4.74 Å². The fraction of sp³-hybridized carbons (Fsp3) is 0.386. The van der Waals surface area contributed by atoms with Crippen molar-refractivity contribution in [2.75, 3.05) is 31.6 Å². The zero-order chi connectivity index (χ0) is 41.2. The summed E-state index contributed by atoms with van der Waals surface area (Å²) in [6.07, 6.45) is 3.74. The first-order valence-electron chi connectivity index (χ1n) is 18.7. The van der Waals surface area contributed by atoms with Crippen LogP contribution in [0.1, 0.15) is 81.5 Å². The second-order valence-electron chi connectivity index (χ2n) is 14.7. The van der Waals surface area contributed by atoms with E-state index in [1.54, 1.807) is 19.2 Å². The molecule has 292 valence electrons. The number of fused-ring (bicyclic) bond motifs is 1. The van der Waals surface area contributed by atoms with Gasteiger partial charge in [0.05, 0.1) is 42.1 Å².